The highest BCUT2D eigenvalue weighted by molar-refractivity contribution is 5.87. The first-order chi connectivity index (χ1) is 13.2. The lowest BCUT2D eigenvalue weighted by Gasteiger charge is -2.34. The van der Waals surface area contributed by atoms with Crippen molar-refractivity contribution in [3.63, 3.8) is 0 Å². The Kier molecular flexibility index (Phi) is 4.91. The summed E-state index contributed by atoms with van der Waals surface area (Å²) in [7, 11) is 1.94. The lowest BCUT2D eigenvalue weighted by Crippen LogP contribution is -2.50. The molecule has 1 atom stereocenters. The van der Waals surface area contributed by atoms with Crippen LogP contribution >= 0.6 is 0 Å². The number of hydrogen-bond acceptors (Lipinski definition) is 5. The molecule has 1 aromatic carbocycles. The quantitative estimate of drug-likeness (QED) is 0.726. The molecule has 1 aliphatic rings. The van der Waals surface area contributed by atoms with Crippen LogP contribution in [0.4, 0.5) is 11.5 Å². The highest BCUT2D eigenvalue weighted by Gasteiger charge is 2.24. The molecule has 1 saturated heterocycles. The van der Waals surface area contributed by atoms with Crippen LogP contribution < -0.4 is 15.1 Å². The Hall–Kier alpha value is -3.09. The normalized spacial score (nSPS) is 17.1. The van der Waals surface area contributed by atoms with Gasteiger partial charge in [0.25, 0.3) is 0 Å². The van der Waals surface area contributed by atoms with Crippen LogP contribution in [0.2, 0.25) is 0 Å². The first-order valence-corrected chi connectivity index (χ1v) is 9.29. The second kappa shape index (κ2) is 7.65. The Morgan fingerprint density at radius 1 is 1.30 bits per heavy atom. The molecule has 1 aliphatic heterocycles. The molecule has 0 saturated carbocycles. The van der Waals surface area contributed by atoms with Gasteiger partial charge >= 0.3 is 0 Å². The largest absolute Gasteiger partial charge is 0.365 e. The van der Waals surface area contributed by atoms with E-state index in [4.69, 9.17) is 0 Å². The summed E-state index contributed by atoms with van der Waals surface area (Å²) in [6.45, 7) is 2.04. The van der Waals surface area contributed by atoms with Gasteiger partial charge in [-0.2, -0.15) is 0 Å². The van der Waals surface area contributed by atoms with Crippen LogP contribution in [0.15, 0.2) is 48.9 Å². The van der Waals surface area contributed by atoms with E-state index in [1.807, 2.05) is 54.5 Å². The van der Waals surface area contributed by atoms with Crippen molar-refractivity contribution in [2.75, 3.05) is 36.5 Å². The van der Waals surface area contributed by atoms with Gasteiger partial charge in [0, 0.05) is 38.1 Å². The van der Waals surface area contributed by atoms with Crippen molar-refractivity contribution in [2.45, 2.75) is 18.9 Å². The number of aromatic nitrogens is 3. The third-order valence-electron chi connectivity index (χ3n) is 5.00. The molecule has 0 radical (unpaired) electrons. The monoisotopic (exact) mass is 364 g/mol. The van der Waals surface area contributed by atoms with Crippen LogP contribution in [0.5, 0.6) is 0 Å². The van der Waals surface area contributed by atoms with Gasteiger partial charge in [0.15, 0.2) is 0 Å². The third kappa shape index (κ3) is 3.86. The molecule has 2 aromatic heterocycles. The van der Waals surface area contributed by atoms with Gasteiger partial charge in [0.1, 0.15) is 17.8 Å². The van der Waals surface area contributed by atoms with Crippen LogP contribution in [-0.2, 0) is 4.79 Å². The zero-order valence-corrected chi connectivity index (χ0v) is 15.4. The standard InChI is InChI=1S/C20H24N6O/c1-25(16-7-3-2-4-8-16)13-18(27)24-15-6-5-11-26(12-15)20-17-9-10-21-19(17)22-14-23-20/h2-4,7-10,14-15H,5-6,11-13H2,1H3,(H,24,27)(H,21,22,23). The predicted octanol–water partition coefficient (Wildman–Crippen LogP) is 2.18. The Morgan fingerprint density at radius 2 is 2.15 bits per heavy atom. The Balaban J connectivity index is 1.38. The van der Waals surface area contributed by atoms with E-state index in [1.165, 1.54) is 0 Å². The Bertz CT molecular complexity index is 909. The summed E-state index contributed by atoms with van der Waals surface area (Å²) in [6, 6.07) is 12.1. The number of carbonyl (C=O) groups excluding carboxylic acids is 1. The number of anilines is 2. The van der Waals surface area contributed by atoms with Gasteiger partial charge < -0.3 is 20.1 Å². The third-order valence-corrected chi connectivity index (χ3v) is 5.00. The molecule has 3 heterocycles. The minimum Gasteiger partial charge on any atom is -0.365 e. The molecule has 0 spiro atoms. The van der Waals surface area contributed by atoms with E-state index >= 15 is 0 Å². The Morgan fingerprint density at radius 3 is 3.00 bits per heavy atom. The number of fused-ring (bicyclic) bond motifs is 1. The molecule has 0 bridgehead atoms. The zero-order chi connectivity index (χ0) is 18.6. The topological polar surface area (TPSA) is 77.2 Å². The molecule has 7 nitrogen and oxygen atoms in total. The van der Waals surface area contributed by atoms with Crippen molar-refractivity contribution >= 4 is 28.4 Å². The van der Waals surface area contributed by atoms with E-state index in [0.29, 0.717) is 6.54 Å². The van der Waals surface area contributed by atoms with E-state index in [9.17, 15) is 4.79 Å². The molecular formula is C20H24N6O. The van der Waals surface area contributed by atoms with Gasteiger partial charge in [0.05, 0.1) is 11.9 Å². The molecule has 2 N–H and O–H groups in total. The molecular weight excluding hydrogens is 340 g/mol. The number of piperidine rings is 1. The van der Waals surface area contributed by atoms with Crippen molar-refractivity contribution in [1.29, 1.82) is 0 Å². The molecule has 140 valence electrons. The molecule has 0 aliphatic carbocycles. The van der Waals surface area contributed by atoms with Crippen molar-refractivity contribution in [3.8, 4) is 0 Å². The van der Waals surface area contributed by atoms with E-state index in [1.54, 1.807) is 6.33 Å². The minimum atomic E-state index is 0.0441. The maximum Gasteiger partial charge on any atom is 0.239 e. The van der Waals surface area contributed by atoms with Crippen LogP contribution in [0.25, 0.3) is 11.0 Å². The fraction of sp³-hybridized carbons (Fsp3) is 0.350. The van der Waals surface area contributed by atoms with Crippen LogP contribution in [0.1, 0.15) is 12.8 Å². The Labute approximate surface area is 158 Å². The van der Waals surface area contributed by atoms with E-state index in [-0.39, 0.29) is 11.9 Å². The lowest BCUT2D eigenvalue weighted by molar-refractivity contribution is -0.120. The SMILES string of the molecule is CN(CC(=O)NC1CCCN(c2ncnc3[nH]ccc23)C1)c1ccccc1. The highest BCUT2D eigenvalue weighted by atomic mass is 16.2. The summed E-state index contributed by atoms with van der Waals surface area (Å²) < 4.78 is 0. The van der Waals surface area contributed by atoms with E-state index in [0.717, 1.165) is 48.5 Å². The molecule has 1 amide bonds. The second-order valence-corrected chi connectivity index (χ2v) is 6.98. The average molecular weight is 364 g/mol. The van der Waals surface area contributed by atoms with Gasteiger partial charge in [-0.15, -0.1) is 0 Å². The molecule has 4 rings (SSSR count). The number of amides is 1. The maximum atomic E-state index is 12.5. The molecule has 7 heteroatoms. The summed E-state index contributed by atoms with van der Waals surface area (Å²) in [4.78, 5) is 28.6. The van der Waals surface area contributed by atoms with Gasteiger partial charge in [-0.3, -0.25) is 4.79 Å². The van der Waals surface area contributed by atoms with Crippen molar-refractivity contribution in [3.05, 3.63) is 48.9 Å². The summed E-state index contributed by atoms with van der Waals surface area (Å²) in [5, 5.41) is 4.21. The highest BCUT2D eigenvalue weighted by Crippen LogP contribution is 2.25. The summed E-state index contributed by atoms with van der Waals surface area (Å²) in [5.74, 6) is 0.976. The number of rotatable bonds is 5. The van der Waals surface area contributed by atoms with E-state index < -0.39 is 0 Å². The summed E-state index contributed by atoms with van der Waals surface area (Å²) in [6.07, 6.45) is 5.48. The number of hydrogen-bond donors (Lipinski definition) is 2. The molecule has 27 heavy (non-hydrogen) atoms. The van der Waals surface area contributed by atoms with Crippen molar-refractivity contribution in [1.82, 2.24) is 20.3 Å². The lowest BCUT2D eigenvalue weighted by atomic mass is 10.1. The number of nitrogens with one attached hydrogen (secondary N) is 2. The van der Waals surface area contributed by atoms with Gasteiger partial charge in [-0.25, -0.2) is 9.97 Å². The smallest absolute Gasteiger partial charge is 0.239 e. The average Bonchev–Trinajstić information content (AvgIpc) is 3.17. The van der Waals surface area contributed by atoms with Gasteiger partial charge in [0.2, 0.25) is 5.91 Å². The van der Waals surface area contributed by atoms with Crippen LogP contribution in [-0.4, -0.2) is 53.6 Å². The molecule has 1 fully saturated rings. The number of benzene rings is 1. The summed E-state index contributed by atoms with van der Waals surface area (Å²) >= 11 is 0. The number of carbonyl (C=O) groups is 1. The first kappa shape index (κ1) is 17.3. The number of nitrogens with zero attached hydrogens (tertiary/aromatic N) is 4. The first-order valence-electron chi connectivity index (χ1n) is 9.29. The molecule has 3 aromatic rings. The fourth-order valence-corrected chi connectivity index (χ4v) is 3.66. The van der Waals surface area contributed by atoms with E-state index in [2.05, 4.69) is 25.2 Å². The minimum absolute atomic E-state index is 0.0441. The van der Waals surface area contributed by atoms with Gasteiger partial charge in [-0.1, -0.05) is 18.2 Å². The van der Waals surface area contributed by atoms with Crippen LogP contribution in [0, 0.1) is 0 Å². The predicted molar refractivity (Wildman–Crippen MR) is 107 cm³/mol. The number of aromatic amines is 1. The van der Waals surface area contributed by atoms with Crippen molar-refractivity contribution in [2.24, 2.45) is 0 Å². The van der Waals surface area contributed by atoms with Crippen molar-refractivity contribution < 1.29 is 4.79 Å². The zero-order valence-electron chi connectivity index (χ0n) is 15.4. The molecule has 1 unspecified atom stereocenters. The second-order valence-electron chi connectivity index (χ2n) is 6.98. The number of H-pyrrole nitrogens is 1. The van der Waals surface area contributed by atoms with Crippen LogP contribution in [0.3, 0.4) is 0 Å². The summed E-state index contributed by atoms with van der Waals surface area (Å²) in [5.41, 5.74) is 1.88. The van der Waals surface area contributed by atoms with Gasteiger partial charge in [-0.05, 0) is 31.0 Å². The maximum absolute atomic E-state index is 12.5. The fourth-order valence-electron chi connectivity index (χ4n) is 3.66. The number of likely N-dealkylation sites (N-methyl/N-ethyl adjacent to an activating group) is 1. The number of para-hydroxylation sites is 1.